The van der Waals surface area contributed by atoms with Gasteiger partial charge < -0.3 is 20.3 Å². The average molecular weight is 376 g/mol. The number of likely N-dealkylation sites (N-methyl/N-ethyl adjacent to an activating group) is 1. The smallest absolute Gasteiger partial charge is 0.317 e. The maximum atomic E-state index is 12.1. The number of hydrogen-bond acceptors (Lipinski definition) is 3. The molecule has 0 saturated heterocycles. The van der Waals surface area contributed by atoms with E-state index in [0.29, 0.717) is 32.2 Å². The second-order valence-electron chi connectivity index (χ2n) is 7.48. The van der Waals surface area contributed by atoms with Gasteiger partial charge in [-0.05, 0) is 49.9 Å². The number of hydrogen-bond donors (Lipinski definition) is 2. The van der Waals surface area contributed by atoms with Crippen LogP contribution in [0, 0.1) is 13.8 Å². The quantitative estimate of drug-likeness (QED) is 0.733. The van der Waals surface area contributed by atoms with Crippen LogP contribution in [0.15, 0.2) is 18.2 Å². The van der Waals surface area contributed by atoms with Gasteiger partial charge in [0.1, 0.15) is 12.4 Å². The van der Waals surface area contributed by atoms with Crippen molar-refractivity contribution in [3.63, 3.8) is 0 Å². The average Bonchev–Trinajstić information content (AvgIpc) is 2.61. The van der Waals surface area contributed by atoms with Gasteiger partial charge in [0.2, 0.25) is 5.91 Å². The summed E-state index contributed by atoms with van der Waals surface area (Å²) >= 11 is 0. The zero-order valence-corrected chi connectivity index (χ0v) is 16.8. The first kappa shape index (κ1) is 21.1. The maximum absolute atomic E-state index is 12.1. The summed E-state index contributed by atoms with van der Waals surface area (Å²) in [5, 5.41) is 5.85. The second kappa shape index (κ2) is 10.8. The van der Waals surface area contributed by atoms with Gasteiger partial charge in [0.25, 0.3) is 0 Å². The van der Waals surface area contributed by atoms with Crippen molar-refractivity contribution >= 4 is 11.9 Å². The zero-order chi connectivity index (χ0) is 19.6. The van der Waals surface area contributed by atoms with Crippen molar-refractivity contribution in [2.45, 2.75) is 58.4 Å². The number of nitrogens with zero attached hydrogens (tertiary/aromatic N) is 1. The Morgan fingerprint density at radius 1 is 1.11 bits per heavy atom. The van der Waals surface area contributed by atoms with Crippen LogP contribution in [0.2, 0.25) is 0 Å². The van der Waals surface area contributed by atoms with Gasteiger partial charge in [0.15, 0.2) is 0 Å². The Morgan fingerprint density at radius 2 is 1.78 bits per heavy atom. The number of ether oxygens (including phenoxy) is 1. The number of benzene rings is 1. The molecule has 3 amide bonds. The Morgan fingerprint density at radius 3 is 2.44 bits per heavy atom. The minimum absolute atomic E-state index is 0.0167. The van der Waals surface area contributed by atoms with Crippen LogP contribution >= 0.6 is 0 Å². The molecule has 1 fully saturated rings. The molecule has 0 unspecified atom stereocenters. The molecule has 27 heavy (non-hydrogen) atoms. The number of nitrogens with one attached hydrogen (secondary N) is 2. The number of aryl methyl sites for hydroxylation is 2. The molecular weight excluding hydrogens is 342 g/mol. The molecule has 0 bridgehead atoms. The zero-order valence-electron chi connectivity index (χ0n) is 16.8. The third-order valence-electron chi connectivity index (χ3n) is 4.84. The largest absolute Gasteiger partial charge is 0.492 e. The summed E-state index contributed by atoms with van der Waals surface area (Å²) in [6.45, 7) is 5.31. The number of rotatable bonds is 8. The summed E-state index contributed by atoms with van der Waals surface area (Å²) in [6, 6.07) is 6.18. The molecule has 1 aromatic carbocycles. The molecule has 1 saturated carbocycles. The van der Waals surface area contributed by atoms with Crippen LogP contribution in [0.5, 0.6) is 5.75 Å². The first-order valence-electron chi connectivity index (χ1n) is 9.93. The van der Waals surface area contributed by atoms with E-state index < -0.39 is 0 Å². The molecule has 0 aromatic heterocycles. The van der Waals surface area contributed by atoms with Crippen LogP contribution in [0.1, 0.15) is 49.7 Å². The van der Waals surface area contributed by atoms with Crippen LogP contribution in [-0.4, -0.2) is 49.6 Å². The molecule has 150 valence electrons. The van der Waals surface area contributed by atoms with Crippen molar-refractivity contribution in [3.8, 4) is 5.75 Å². The standard InChI is InChI=1S/C21H33N3O3/c1-16-13-17(2)15-19(14-16)27-12-11-24(3)21(26)22-10-9-20(25)23-18-7-5-4-6-8-18/h13-15,18H,4-12H2,1-3H3,(H,22,26)(H,23,25). The molecule has 0 spiro atoms. The summed E-state index contributed by atoms with van der Waals surface area (Å²) in [5.74, 6) is 0.837. The summed E-state index contributed by atoms with van der Waals surface area (Å²) in [6.07, 6.45) is 6.10. The maximum Gasteiger partial charge on any atom is 0.317 e. The lowest BCUT2D eigenvalue weighted by atomic mass is 9.95. The Balaban J connectivity index is 1.59. The molecule has 0 heterocycles. The Hall–Kier alpha value is -2.24. The first-order valence-corrected chi connectivity index (χ1v) is 9.93. The van der Waals surface area contributed by atoms with Gasteiger partial charge in [-0.25, -0.2) is 4.79 Å². The van der Waals surface area contributed by atoms with E-state index in [2.05, 4.69) is 16.7 Å². The number of urea groups is 1. The normalized spacial score (nSPS) is 14.5. The molecule has 0 atom stereocenters. The molecule has 6 heteroatoms. The van der Waals surface area contributed by atoms with Gasteiger partial charge in [-0.2, -0.15) is 0 Å². The van der Waals surface area contributed by atoms with Crippen molar-refractivity contribution in [2.75, 3.05) is 26.7 Å². The van der Waals surface area contributed by atoms with Crippen LogP contribution in [0.25, 0.3) is 0 Å². The lowest BCUT2D eigenvalue weighted by Crippen LogP contribution is -2.42. The van der Waals surface area contributed by atoms with Gasteiger partial charge in [0.05, 0.1) is 6.54 Å². The van der Waals surface area contributed by atoms with Gasteiger partial charge in [-0.15, -0.1) is 0 Å². The fourth-order valence-corrected chi connectivity index (χ4v) is 3.38. The molecule has 1 aliphatic rings. The van der Waals surface area contributed by atoms with E-state index in [4.69, 9.17) is 4.74 Å². The minimum atomic E-state index is -0.190. The van der Waals surface area contributed by atoms with Crippen molar-refractivity contribution in [2.24, 2.45) is 0 Å². The summed E-state index contributed by atoms with van der Waals surface area (Å²) in [4.78, 5) is 25.6. The molecular formula is C21H33N3O3. The van der Waals surface area contributed by atoms with Crippen LogP contribution < -0.4 is 15.4 Å². The fraction of sp³-hybridized carbons (Fsp3) is 0.619. The third kappa shape index (κ3) is 7.89. The van der Waals surface area contributed by atoms with E-state index in [9.17, 15) is 9.59 Å². The Kier molecular flexibility index (Phi) is 8.43. The van der Waals surface area contributed by atoms with E-state index in [1.54, 1.807) is 11.9 Å². The highest BCUT2D eigenvalue weighted by molar-refractivity contribution is 5.78. The van der Waals surface area contributed by atoms with Crippen molar-refractivity contribution < 1.29 is 14.3 Å². The second-order valence-corrected chi connectivity index (χ2v) is 7.48. The van der Waals surface area contributed by atoms with Crippen LogP contribution in [-0.2, 0) is 4.79 Å². The highest BCUT2D eigenvalue weighted by Crippen LogP contribution is 2.17. The van der Waals surface area contributed by atoms with E-state index in [1.165, 1.54) is 19.3 Å². The minimum Gasteiger partial charge on any atom is -0.492 e. The molecule has 1 aromatic rings. The van der Waals surface area contributed by atoms with Crippen LogP contribution in [0.3, 0.4) is 0 Å². The molecule has 2 rings (SSSR count). The SMILES string of the molecule is Cc1cc(C)cc(OCCN(C)C(=O)NCCC(=O)NC2CCCCC2)c1. The van der Waals surface area contributed by atoms with E-state index >= 15 is 0 Å². The van der Waals surface area contributed by atoms with E-state index in [-0.39, 0.29) is 11.9 Å². The third-order valence-corrected chi connectivity index (χ3v) is 4.84. The first-order chi connectivity index (χ1) is 12.9. The number of carbonyl (C=O) groups excluding carboxylic acids is 2. The molecule has 2 N–H and O–H groups in total. The monoisotopic (exact) mass is 375 g/mol. The predicted octanol–water partition coefficient (Wildman–Crippen LogP) is 3.16. The van der Waals surface area contributed by atoms with Crippen molar-refractivity contribution in [3.05, 3.63) is 29.3 Å². The van der Waals surface area contributed by atoms with Crippen molar-refractivity contribution in [1.29, 1.82) is 0 Å². The highest BCUT2D eigenvalue weighted by atomic mass is 16.5. The lowest BCUT2D eigenvalue weighted by Gasteiger charge is -2.23. The summed E-state index contributed by atoms with van der Waals surface area (Å²) in [5.41, 5.74) is 2.31. The fourth-order valence-electron chi connectivity index (χ4n) is 3.38. The Bertz CT molecular complexity index is 607. The Labute approximate surface area is 162 Å². The van der Waals surface area contributed by atoms with Gasteiger partial charge in [-0.3, -0.25) is 4.79 Å². The van der Waals surface area contributed by atoms with Gasteiger partial charge >= 0.3 is 6.03 Å². The predicted molar refractivity (Wildman–Crippen MR) is 107 cm³/mol. The van der Waals surface area contributed by atoms with E-state index in [0.717, 1.165) is 29.7 Å². The topological polar surface area (TPSA) is 70.7 Å². The molecule has 1 aliphatic carbocycles. The molecule has 6 nitrogen and oxygen atoms in total. The molecule has 0 aliphatic heterocycles. The van der Waals surface area contributed by atoms with Crippen molar-refractivity contribution in [1.82, 2.24) is 15.5 Å². The van der Waals surface area contributed by atoms with E-state index in [1.807, 2.05) is 26.0 Å². The summed E-state index contributed by atoms with van der Waals surface area (Å²) in [7, 11) is 1.72. The highest BCUT2D eigenvalue weighted by Gasteiger charge is 2.16. The number of carbonyl (C=O) groups is 2. The van der Waals surface area contributed by atoms with Gasteiger partial charge in [-0.1, -0.05) is 25.3 Å². The lowest BCUT2D eigenvalue weighted by molar-refractivity contribution is -0.121. The summed E-state index contributed by atoms with van der Waals surface area (Å²) < 4.78 is 5.73. The van der Waals surface area contributed by atoms with Gasteiger partial charge in [0, 0.05) is 26.1 Å². The number of amides is 3. The van der Waals surface area contributed by atoms with Crippen LogP contribution in [0.4, 0.5) is 4.79 Å². The molecule has 0 radical (unpaired) electrons.